The first kappa shape index (κ1) is 12.9. The zero-order valence-electron chi connectivity index (χ0n) is 10.6. The van der Waals surface area contributed by atoms with Crippen molar-refractivity contribution in [3.8, 4) is 23.7 Å². The van der Waals surface area contributed by atoms with Crippen LogP contribution >= 0.6 is 0 Å². The summed E-state index contributed by atoms with van der Waals surface area (Å²) < 4.78 is 16.2. The second-order valence-corrected chi connectivity index (χ2v) is 3.82. The average molecular weight is 256 g/mol. The van der Waals surface area contributed by atoms with Crippen LogP contribution in [0, 0.1) is 23.7 Å². The molecular formula is C15H12O4. The molecule has 2 heterocycles. The van der Waals surface area contributed by atoms with E-state index >= 15 is 0 Å². The third-order valence-corrected chi connectivity index (χ3v) is 2.43. The van der Waals surface area contributed by atoms with E-state index in [0.29, 0.717) is 5.76 Å². The maximum absolute atomic E-state index is 11.0. The monoisotopic (exact) mass is 256 g/mol. The summed E-state index contributed by atoms with van der Waals surface area (Å²) >= 11 is 0. The molecule has 2 rings (SSSR count). The molecular weight excluding hydrogens is 244 g/mol. The van der Waals surface area contributed by atoms with E-state index in [1.54, 1.807) is 31.2 Å². The van der Waals surface area contributed by atoms with Gasteiger partial charge < -0.3 is 14.2 Å². The van der Waals surface area contributed by atoms with Gasteiger partial charge in [-0.15, -0.1) is 0 Å². The van der Waals surface area contributed by atoms with Gasteiger partial charge in [0.2, 0.25) is 6.10 Å². The second-order valence-electron chi connectivity index (χ2n) is 3.82. The number of allylic oxidation sites excluding steroid dienone is 2. The molecule has 0 aliphatic carbocycles. The first-order valence-corrected chi connectivity index (χ1v) is 5.69. The van der Waals surface area contributed by atoms with Crippen molar-refractivity contribution in [2.45, 2.75) is 25.7 Å². The number of rotatable bonds is 1. The molecule has 0 aromatic rings. The fraction of sp³-hybridized carbons (Fsp3) is 0.267. The van der Waals surface area contributed by atoms with Crippen LogP contribution in [-0.2, 0) is 19.0 Å². The summed E-state index contributed by atoms with van der Waals surface area (Å²) in [6.45, 7) is 3.05. The van der Waals surface area contributed by atoms with Gasteiger partial charge in [0.05, 0.1) is 6.26 Å². The molecule has 0 amide bonds. The van der Waals surface area contributed by atoms with Crippen LogP contribution in [0.15, 0.2) is 36.3 Å². The Hall–Kier alpha value is -2.59. The Morgan fingerprint density at radius 2 is 2.37 bits per heavy atom. The van der Waals surface area contributed by atoms with Gasteiger partial charge in [-0.1, -0.05) is 11.8 Å². The summed E-state index contributed by atoms with van der Waals surface area (Å²) in [6, 6.07) is 0. The predicted octanol–water partition coefficient (Wildman–Crippen LogP) is 1.66. The van der Waals surface area contributed by atoms with Gasteiger partial charge in [-0.3, -0.25) is 4.79 Å². The SMILES string of the molecule is CC#CC#CC=C1C=C[C@@]2(OC=C[C@@H]2OC(C)=O)O1. The third-order valence-electron chi connectivity index (χ3n) is 2.43. The fourth-order valence-electron chi connectivity index (χ4n) is 1.67. The van der Waals surface area contributed by atoms with E-state index < -0.39 is 17.9 Å². The molecule has 96 valence electrons. The summed E-state index contributed by atoms with van der Waals surface area (Å²) in [5.41, 5.74) is 0. The molecule has 4 heteroatoms. The highest BCUT2D eigenvalue weighted by Gasteiger charge is 2.48. The smallest absolute Gasteiger partial charge is 0.312 e. The van der Waals surface area contributed by atoms with Gasteiger partial charge in [0.25, 0.3) is 0 Å². The molecule has 0 aromatic heterocycles. The maximum Gasteiger partial charge on any atom is 0.312 e. The van der Waals surface area contributed by atoms with Crippen molar-refractivity contribution < 1.29 is 19.0 Å². The normalized spacial score (nSPS) is 28.1. The number of esters is 1. The van der Waals surface area contributed by atoms with E-state index in [2.05, 4.69) is 23.7 Å². The van der Waals surface area contributed by atoms with Crippen molar-refractivity contribution in [1.82, 2.24) is 0 Å². The van der Waals surface area contributed by atoms with Gasteiger partial charge in [0.1, 0.15) is 5.76 Å². The molecule has 0 unspecified atom stereocenters. The minimum absolute atomic E-state index is 0.396. The summed E-state index contributed by atoms with van der Waals surface area (Å²) in [7, 11) is 0. The lowest BCUT2D eigenvalue weighted by atomic mass is 10.1. The van der Waals surface area contributed by atoms with Crippen LogP contribution in [0.5, 0.6) is 0 Å². The summed E-state index contributed by atoms with van der Waals surface area (Å²) in [4.78, 5) is 11.0. The molecule has 0 saturated heterocycles. The molecule has 2 atom stereocenters. The van der Waals surface area contributed by atoms with Crippen LogP contribution in [0.4, 0.5) is 0 Å². The molecule has 0 fully saturated rings. The van der Waals surface area contributed by atoms with E-state index in [-0.39, 0.29) is 0 Å². The van der Waals surface area contributed by atoms with E-state index in [1.165, 1.54) is 13.2 Å². The molecule has 0 saturated carbocycles. The van der Waals surface area contributed by atoms with Crippen LogP contribution in [0.25, 0.3) is 0 Å². The molecule has 19 heavy (non-hydrogen) atoms. The van der Waals surface area contributed by atoms with Gasteiger partial charge >= 0.3 is 11.8 Å². The summed E-state index contributed by atoms with van der Waals surface area (Å²) in [6.07, 6.45) is 7.48. The second kappa shape index (κ2) is 5.37. The number of carbonyl (C=O) groups excluding carboxylic acids is 1. The van der Waals surface area contributed by atoms with E-state index in [9.17, 15) is 4.79 Å². The quantitative estimate of drug-likeness (QED) is 0.528. The number of ether oxygens (including phenoxy) is 3. The van der Waals surface area contributed by atoms with Gasteiger partial charge in [-0.25, -0.2) is 0 Å². The fourth-order valence-corrected chi connectivity index (χ4v) is 1.67. The zero-order valence-corrected chi connectivity index (χ0v) is 10.6. The predicted molar refractivity (Wildman–Crippen MR) is 68.0 cm³/mol. The van der Waals surface area contributed by atoms with Gasteiger partial charge in [-0.2, -0.15) is 0 Å². The standard InChI is InChI=1S/C15H12O4/c1-3-4-5-6-7-13-8-10-15(19-13)14(9-11-17-15)18-12(2)16/h7-11,14H,1-2H3/t14-,15+/m0/s1. The van der Waals surface area contributed by atoms with E-state index in [0.717, 1.165) is 0 Å². The minimum Gasteiger partial charge on any atom is -0.453 e. The Kier molecular flexibility index (Phi) is 3.63. The molecule has 0 bridgehead atoms. The third kappa shape index (κ3) is 2.81. The Labute approximate surface area is 111 Å². The highest BCUT2D eigenvalue weighted by molar-refractivity contribution is 5.66. The number of carbonyl (C=O) groups is 1. The lowest BCUT2D eigenvalue weighted by Gasteiger charge is -2.27. The van der Waals surface area contributed by atoms with Gasteiger partial charge in [0.15, 0.2) is 0 Å². The van der Waals surface area contributed by atoms with Crippen molar-refractivity contribution >= 4 is 5.97 Å². The maximum atomic E-state index is 11.0. The lowest BCUT2D eigenvalue weighted by Crippen LogP contribution is -2.40. The van der Waals surface area contributed by atoms with E-state index in [1.807, 2.05) is 0 Å². The Balaban J connectivity index is 2.09. The van der Waals surface area contributed by atoms with E-state index in [4.69, 9.17) is 14.2 Å². The molecule has 0 N–H and O–H groups in total. The lowest BCUT2D eigenvalue weighted by molar-refractivity contribution is -0.189. The van der Waals surface area contributed by atoms with Crippen LogP contribution in [-0.4, -0.2) is 17.9 Å². The van der Waals surface area contributed by atoms with Crippen molar-refractivity contribution in [1.29, 1.82) is 0 Å². The van der Waals surface area contributed by atoms with Crippen LogP contribution in [0.1, 0.15) is 13.8 Å². The highest BCUT2D eigenvalue weighted by atomic mass is 16.7. The van der Waals surface area contributed by atoms with Crippen LogP contribution in [0.2, 0.25) is 0 Å². The van der Waals surface area contributed by atoms with Crippen molar-refractivity contribution in [3.05, 3.63) is 36.3 Å². The Morgan fingerprint density at radius 1 is 1.53 bits per heavy atom. The van der Waals surface area contributed by atoms with Crippen molar-refractivity contribution in [2.24, 2.45) is 0 Å². The Bertz CT molecular complexity index is 589. The van der Waals surface area contributed by atoms with Crippen molar-refractivity contribution in [2.75, 3.05) is 0 Å². The number of hydrogen-bond acceptors (Lipinski definition) is 4. The first-order chi connectivity index (χ1) is 9.16. The van der Waals surface area contributed by atoms with Crippen molar-refractivity contribution in [3.63, 3.8) is 0 Å². The summed E-state index contributed by atoms with van der Waals surface area (Å²) in [5, 5.41) is 0. The van der Waals surface area contributed by atoms with Crippen LogP contribution < -0.4 is 0 Å². The highest BCUT2D eigenvalue weighted by Crippen LogP contribution is 2.36. The van der Waals surface area contributed by atoms with Gasteiger partial charge in [0, 0.05) is 19.1 Å². The minimum atomic E-state index is -1.10. The molecule has 2 aliphatic rings. The molecule has 2 aliphatic heterocycles. The van der Waals surface area contributed by atoms with Gasteiger partial charge in [-0.05, 0) is 30.9 Å². The molecule has 0 radical (unpaired) electrons. The first-order valence-electron chi connectivity index (χ1n) is 5.69. The zero-order chi connectivity index (χ0) is 13.7. The summed E-state index contributed by atoms with van der Waals surface area (Å²) in [5.74, 6) is 9.71. The molecule has 4 nitrogen and oxygen atoms in total. The van der Waals surface area contributed by atoms with Crippen LogP contribution in [0.3, 0.4) is 0 Å². The Morgan fingerprint density at radius 3 is 3.11 bits per heavy atom. The topological polar surface area (TPSA) is 44.8 Å². The largest absolute Gasteiger partial charge is 0.453 e. The average Bonchev–Trinajstić information content (AvgIpc) is 2.94. The molecule has 0 aromatic carbocycles. The molecule has 1 spiro atoms. The number of hydrogen-bond donors (Lipinski definition) is 0.